The molecule has 0 spiro atoms. The molecule has 0 radical (unpaired) electrons. The third kappa shape index (κ3) is 6.84. The van der Waals surface area contributed by atoms with Crippen molar-refractivity contribution < 1.29 is 19.3 Å². The van der Waals surface area contributed by atoms with Crippen LogP contribution >= 0.6 is 0 Å². The summed E-state index contributed by atoms with van der Waals surface area (Å²) in [5.41, 5.74) is 1.41. The van der Waals surface area contributed by atoms with E-state index in [0.717, 1.165) is 6.42 Å². The van der Waals surface area contributed by atoms with E-state index in [2.05, 4.69) is 26.8 Å². The van der Waals surface area contributed by atoms with Crippen LogP contribution in [-0.4, -0.2) is 50.3 Å². The molecule has 0 fully saturated rings. The molecule has 0 aromatic carbocycles. The molecule has 0 amide bonds. The maximum absolute atomic E-state index is 8.55. The molecule has 1 aliphatic carbocycles. The molecule has 0 saturated heterocycles. The van der Waals surface area contributed by atoms with Gasteiger partial charge in [0.1, 0.15) is 0 Å². The van der Waals surface area contributed by atoms with Gasteiger partial charge in [0.2, 0.25) is 0 Å². The van der Waals surface area contributed by atoms with Gasteiger partial charge in [-0.3, -0.25) is 0 Å². The minimum Gasteiger partial charge on any atom is -0.394 e. The van der Waals surface area contributed by atoms with E-state index >= 15 is 0 Å². The van der Waals surface area contributed by atoms with Gasteiger partial charge in [0.15, 0.2) is 0 Å². The number of aliphatic hydroxyl groups excluding tert-OH is 1. The van der Waals surface area contributed by atoms with Crippen molar-refractivity contribution in [1.82, 2.24) is 0 Å². The summed E-state index contributed by atoms with van der Waals surface area (Å²) >= 11 is 0. The van der Waals surface area contributed by atoms with Crippen molar-refractivity contribution in [2.75, 3.05) is 39.6 Å². The van der Waals surface area contributed by atoms with E-state index in [4.69, 9.17) is 19.3 Å². The van der Waals surface area contributed by atoms with Crippen molar-refractivity contribution in [3.8, 4) is 0 Å². The highest BCUT2D eigenvalue weighted by atomic mass is 16.6. The SMILES string of the molecule is CC1=CC[C@@H](C(C)(C)OCCOCCOCCO)CC1. The molecule has 1 atom stereocenters. The van der Waals surface area contributed by atoms with Gasteiger partial charge in [-0.15, -0.1) is 0 Å². The topological polar surface area (TPSA) is 47.9 Å². The van der Waals surface area contributed by atoms with Gasteiger partial charge in [-0.05, 0) is 46.0 Å². The second kappa shape index (κ2) is 9.50. The quantitative estimate of drug-likeness (QED) is 0.495. The lowest BCUT2D eigenvalue weighted by Crippen LogP contribution is -2.36. The van der Waals surface area contributed by atoms with E-state index in [1.807, 2.05) is 0 Å². The standard InChI is InChI=1S/C16H30O4/c1-14-4-6-15(7-5-14)16(2,3)20-13-12-19-11-10-18-9-8-17/h4,15,17H,5-13H2,1-3H3/t15-/m1/s1. The first kappa shape index (κ1) is 17.6. The van der Waals surface area contributed by atoms with Crippen LogP contribution in [0.4, 0.5) is 0 Å². The van der Waals surface area contributed by atoms with Gasteiger partial charge in [0.05, 0.1) is 45.2 Å². The number of hydrogen-bond donors (Lipinski definition) is 1. The van der Waals surface area contributed by atoms with E-state index in [1.165, 1.54) is 18.4 Å². The molecular weight excluding hydrogens is 256 g/mol. The molecule has 0 saturated carbocycles. The Hall–Kier alpha value is -0.420. The first-order valence-electron chi connectivity index (χ1n) is 7.62. The summed E-state index contributed by atoms with van der Waals surface area (Å²) in [7, 11) is 0. The maximum atomic E-state index is 8.55. The fraction of sp³-hybridized carbons (Fsp3) is 0.875. The average molecular weight is 286 g/mol. The Balaban J connectivity index is 2.08. The molecule has 0 bridgehead atoms. The van der Waals surface area contributed by atoms with Crippen LogP contribution in [0.3, 0.4) is 0 Å². The van der Waals surface area contributed by atoms with Crippen LogP contribution in [0.1, 0.15) is 40.0 Å². The molecule has 0 aromatic heterocycles. The minimum atomic E-state index is -0.0893. The Morgan fingerprint density at radius 3 is 2.40 bits per heavy atom. The van der Waals surface area contributed by atoms with Crippen molar-refractivity contribution in [2.45, 2.75) is 45.6 Å². The average Bonchev–Trinajstić information content (AvgIpc) is 2.42. The lowest BCUT2D eigenvalue weighted by Gasteiger charge is -2.36. The molecular formula is C16H30O4. The van der Waals surface area contributed by atoms with E-state index in [9.17, 15) is 0 Å². The van der Waals surface area contributed by atoms with E-state index in [1.54, 1.807) is 0 Å². The van der Waals surface area contributed by atoms with Crippen LogP contribution in [0.2, 0.25) is 0 Å². The maximum Gasteiger partial charge on any atom is 0.0707 e. The summed E-state index contributed by atoms with van der Waals surface area (Å²) in [5, 5.41) is 8.55. The first-order chi connectivity index (χ1) is 9.56. The molecule has 118 valence electrons. The van der Waals surface area contributed by atoms with Gasteiger partial charge >= 0.3 is 0 Å². The number of rotatable bonds is 10. The van der Waals surface area contributed by atoms with Gasteiger partial charge < -0.3 is 19.3 Å². The second-order valence-electron chi connectivity index (χ2n) is 5.92. The fourth-order valence-electron chi connectivity index (χ4n) is 2.46. The lowest BCUT2D eigenvalue weighted by atomic mass is 9.79. The smallest absolute Gasteiger partial charge is 0.0707 e. The normalized spacial score (nSPS) is 20.0. The molecule has 4 heteroatoms. The number of ether oxygens (including phenoxy) is 3. The number of aliphatic hydroxyl groups is 1. The van der Waals surface area contributed by atoms with Gasteiger partial charge in [-0.2, -0.15) is 0 Å². The Bertz CT molecular complexity index is 286. The Morgan fingerprint density at radius 1 is 1.15 bits per heavy atom. The van der Waals surface area contributed by atoms with Crippen LogP contribution < -0.4 is 0 Å². The Labute approximate surface area is 123 Å². The fourth-order valence-corrected chi connectivity index (χ4v) is 2.46. The van der Waals surface area contributed by atoms with Crippen LogP contribution in [-0.2, 0) is 14.2 Å². The molecule has 0 unspecified atom stereocenters. The highest BCUT2D eigenvalue weighted by Gasteiger charge is 2.30. The van der Waals surface area contributed by atoms with Crippen LogP contribution in [0, 0.1) is 5.92 Å². The molecule has 4 nitrogen and oxygen atoms in total. The lowest BCUT2D eigenvalue weighted by molar-refractivity contribution is -0.0849. The third-order valence-electron chi connectivity index (χ3n) is 3.93. The summed E-state index contributed by atoms with van der Waals surface area (Å²) < 4.78 is 16.5. The molecule has 0 aromatic rings. The minimum absolute atomic E-state index is 0.0621. The number of hydrogen-bond acceptors (Lipinski definition) is 4. The molecule has 0 heterocycles. The second-order valence-corrected chi connectivity index (χ2v) is 5.92. The predicted octanol–water partition coefficient (Wildman–Crippen LogP) is 2.55. The summed E-state index contributed by atoms with van der Waals surface area (Å²) in [5.74, 6) is 0.596. The predicted molar refractivity (Wildman–Crippen MR) is 79.9 cm³/mol. The Morgan fingerprint density at radius 2 is 1.80 bits per heavy atom. The third-order valence-corrected chi connectivity index (χ3v) is 3.93. The zero-order valence-corrected chi connectivity index (χ0v) is 13.2. The molecule has 20 heavy (non-hydrogen) atoms. The van der Waals surface area contributed by atoms with Gasteiger partial charge in [0.25, 0.3) is 0 Å². The summed E-state index contributed by atoms with van der Waals surface area (Å²) in [4.78, 5) is 0. The highest BCUT2D eigenvalue weighted by molar-refractivity contribution is 5.05. The molecule has 1 rings (SSSR count). The van der Waals surface area contributed by atoms with Crippen molar-refractivity contribution in [2.24, 2.45) is 5.92 Å². The highest BCUT2D eigenvalue weighted by Crippen LogP contribution is 2.33. The van der Waals surface area contributed by atoms with Gasteiger partial charge in [-0.25, -0.2) is 0 Å². The van der Waals surface area contributed by atoms with Crippen LogP contribution in [0.5, 0.6) is 0 Å². The zero-order valence-electron chi connectivity index (χ0n) is 13.2. The van der Waals surface area contributed by atoms with Crippen molar-refractivity contribution in [3.05, 3.63) is 11.6 Å². The van der Waals surface area contributed by atoms with Crippen molar-refractivity contribution >= 4 is 0 Å². The van der Waals surface area contributed by atoms with Gasteiger partial charge in [0, 0.05) is 0 Å². The Kier molecular flexibility index (Phi) is 8.38. The van der Waals surface area contributed by atoms with Crippen molar-refractivity contribution in [1.29, 1.82) is 0 Å². The summed E-state index contributed by atoms with van der Waals surface area (Å²) in [6.45, 7) is 9.28. The zero-order chi connectivity index (χ0) is 14.8. The van der Waals surface area contributed by atoms with Crippen molar-refractivity contribution in [3.63, 3.8) is 0 Å². The van der Waals surface area contributed by atoms with Crippen LogP contribution in [0.15, 0.2) is 11.6 Å². The van der Waals surface area contributed by atoms with E-state index < -0.39 is 0 Å². The van der Waals surface area contributed by atoms with Crippen LogP contribution in [0.25, 0.3) is 0 Å². The van der Waals surface area contributed by atoms with E-state index in [-0.39, 0.29) is 12.2 Å². The largest absolute Gasteiger partial charge is 0.394 e. The molecule has 0 aliphatic heterocycles. The number of allylic oxidation sites excluding steroid dienone is 2. The summed E-state index contributed by atoms with van der Waals surface area (Å²) in [6, 6.07) is 0. The van der Waals surface area contributed by atoms with Gasteiger partial charge in [-0.1, -0.05) is 11.6 Å². The van der Waals surface area contributed by atoms with E-state index in [0.29, 0.717) is 39.0 Å². The molecule has 1 N–H and O–H groups in total. The first-order valence-corrected chi connectivity index (χ1v) is 7.62. The summed E-state index contributed by atoms with van der Waals surface area (Å²) in [6.07, 6.45) is 5.87. The molecule has 1 aliphatic rings. The monoisotopic (exact) mass is 286 g/mol.